The quantitative estimate of drug-likeness (QED) is 0.594. The number of unbranched alkanes of at least 4 members (excludes halogenated alkanes) is 5. The molecule has 0 radical (unpaired) electrons. The van der Waals surface area contributed by atoms with Gasteiger partial charge in [0.2, 0.25) is 0 Å². The molecule has 0 bridgehead atoms. The summed E-state index contributed by atoms with van der Waals surface area (Å²) in [6, 6.07) is 5.56. The van der Waals surface area contributed by atoms with Crippen molar-refractivity contribution in [3.8, 4) is 0 Å². The number of benzene rings is 1. The molecule has 17 heavy (non-hydrogen) atoms. The third-order valence-electron chi connectivity index (χ3n) is 2.72. The highest BCUT2D eigenvalue weighted by Crippen LogP contribution is 2.22. The number of hydrogen-bond donors (Lipinski definition) is 1. The van der Waals surface area contributed by atoms with Crippen LogP contribution in [0.25, 0.3) is 0 Å². The van der Waals surface area contributed by atoms with E-state index in [1.54, 1.807) is 6.07 Å². The van der Waals surface area contributed by atoms with E-state index in [1.807, 2.05) is 12.1 Å². The SMILES string of the molecule is CCCCCCCCNc1cc(Cl)cc(Cl)c1. The second-order valence-electron chi connectivity index (χ2n) is 4.35. The van der Waals surface area contributed by atoms with Crippen molar-refractivity contribution in [2.45, 2.75) is 45.4 Å². The number of halogens is 2. The first-order valence-corrected chi connectivity index (χ1v) is 7.18. The molecule has 0 atom stereocenters. The van der Waals surface area contributed by atoms with E-state index in [0.717, 1.165) is 12.2 Å². The van der Waals surface area contributed by atoms with E-state index in [1.165, 1.54) is 38.5 Å². The van der Waals surface area contributed by atoms with E-state index < -0.39 is 0 Å². The average molecular weight is 274 g/mol. The minimum absolute atomic E-state index is 0.683. The van der Waals surface area contributed by atoms with E-state index in [9.17, 15) is 0 Å². The Bertz CT molecular complexity index is 306. The molecule has 0 saturated carbocycles. The van der Waals surface area contributed by atoms with Crippen molar-refractivity contribution in [1.82, 2.24) is 0 Å². The van der Waals surface area contributed by atoms with Crippen LogP contribution in [0.5, 0.6) is 0 Å². The lowest BCUT2D eigenvalue weighted by Gasteiger charge is -2.07. The molecule has 3 heteroatoms. The van der Waals surface area contributed by atoms with Gasteiger partial charge in [-0.25, -0.2) is 0 Å². The van der Waals surface area contributed by atoms with Gasteiger partial charge >= 0.3 is 0 Å². The molecule has 1 N–H and O–H groups in total. The molecule has 0 aromatic heterocycles. The van der Waals surface area contributed by atoms with Gasteiger partial charge in [-0.05, 0) is 24.6 Å². The molecule has 0 saturated heterocycles. The van der Waals surface area contributed by atoms with Crippen LogP contribution in [0.4, 0.5) is 5.69 Å². The third kappa shape index (κ3) is 6.80. The Hall–Kier alpha value is -0.400. The van der Waals surface area contributed by atoms with Gasteiger partial charge in [0, 0.05) is 22.3 Å². The van der Waals surface area contributed by atoms with Gasteiger partial charge < -0.3 is 5.32 Å². The predicted molar refractivity (Wildman–Crippen MR) is 78.3 cm³/mol. The van der Waals surface area contributed by atoms with E-state index >= 15 is 0 Å². The summed E-state index contributed by atoms with van der Waals surface area (Å²) in [5.41, 5.74) is 1.01. The zero-order valence-corrected chi connectivity index (χ0v) is 11.9. The maximum atomic E-state index is 5.92. The van der Waals surface area contributed by atoms with Crippen LogP contribution >= 0.6 is 23.2 Å². The highest BCUT2D eigenvalue weighted by Gasteiger charge is 1.97. The van der Waals surface area contributed by atoms with Gasteiger partial charge in [-0.3, -0.25) is 0 Å². The van der Waals surface area contributed by atoms with Crippen molar-refractivity contribution < 1.29 is 0 Å². The Morgan fingerprint density at radius 2 is 1.47 bits per heavy atom. The Morgan fingerprint density at radius 3 is 2.12 bits per heavy atom. The molecule has 1 aromatic rings. The summed E-state index contributed by atoms with van der Waals surface area (Å²) in [5.74, 6) is 0. The number of rotatable bonds is 8. The first-order valence-electron chi connectivity index (χ1n) is 6.42. The first-order chi connectivity index (χ1) is 8.22. The summed E-state index contributed by atoms with van der Waals surface area (Å²) in [5, 5.41) is 4.71. The minimum Gasteiger partial charge on any atom is -0.385 e. The fourth-order valence-electron chi connectivity index (χ4n) is 1.79. The second kappa shape index (κ2) is 8.66. The summed E-state index contributed by atoms with van der Waals surface area (Å²) in [4.78, 5) is 0. The Morgan fingerprint density at radius 1 is 0.882 bits per heavy atom. The van der Waals surface area contributed by atoms with Crippen molar-refractivity contribution in [1.29, 1.82) is 0 Å². The lowest BCUT2D eigenvalue weighted by atomic mass is 10.1. The normalized spacial score (nSPS) is 10.5. The third-order valence-corrected chi connectivity index (χ3v) is 3.16. The van der Waals surface area contributed by atoms with Crippen LogP contribution < -0.4 is 5.32 Å². The summed E-state index contributed by atoms with van der Waals surface area (Å²) in [7, 11) is 0. The van der Waals surface area contributed by atoms with E-state index in [4.69, 9.17) is 23.2 Å². The van der Waals surface area contributed by atoms with Gasteiger partial charge in [-0.1, -0.05) is 62.2 Å². The summed E-state index contributed by atoms with van der Waals surface area (Å²) < 4.78 is 0. The average Bonchev–Trinajstić information content (AvgIpc) is 2.26. The summed E-state index contributed by atoms with van der Waals surface area (Å²) in [6.07, 6.45) is 7.86. The maximum absolute atomic E-state index is 5.92. The van der Waals surface area contributed by atoms with Gasteiger partial charge in [0.05, 0.1) is 0 Å². The molecule has 0 unspecified atom stereocenters. The highest BCUT2D eigenvalue weighted by molar-refractivity contribution is 6.35. The molecule has 0 aliphatic carbocycles. The molecule has 96 valence electrons. The lowest BCUT2D eigenvalue weighted by molar-refractivity contribution is 0.617. The topological polar surface area (TPSA) is 12.0 Å². The molecule has 0 aliphatic heterocycles. The molecule has 1 aromatic carbocycles. The minimum atomic E-state index is 0.683. The van der Waals surface area contributed by atoms with Crippen LogP contribution in [0.2, 0.25) is 10.0 Å². The van der Waals surface area contributed by atoms with Crippen LogP contribution in [0, 0.1) is 0 Å². The molecule has 0 aliphatic rings. The predicted octanol–water partition coefficient (Wildman–Crippen LogP) is 5.77. The fraction of sp³-hybridized carbons (Fsp3) is 0.571. The zero-order valence-electron chi connectivity index (χ0n) is 10.4. The molecule has 0 amide bonds. The van der Waals surface area contributed by atoms with Crippen LogP contribution in [-0.2, 0) is 0 Å². The zero-order chi connectivity index (χ0) is 12.5. The number of hydrogen-bond acceptors (Lipinski definition) is 1. The molecule has 1 nitrogen and oxygen atoms in total. The number of anilines is 1. The largest absolute Gasteiger partial charge is 0.385 e. The van der Waals surface area contributed by atoms with E-state index in [0.29, 0.717) is 10.0 Å². The van der Waals surface area contributed by atoms with Crippen LogP contribution in [0.1, 0.15) is 45.4 Å². The van der Waals surface area contributed by atoms with Crippen molar-refractivity contribution in [2.75, 3.05) is 11.9 Å². The Labute approximate surface area is 115 Å². The molecular weight excluding hydrogens is 253 g/mol. The van der Waals surface area contributed by atoms with Crippen LogP contribution in [0.3, 0.4) is 0 Å². The molecule has 0 spiro atoms. The smallest absolute Gasteiger partial charge is 0.0441 e. The Kier molecular flexibility index (Phi) is 7.46. The lowest BCUT2D eigenvalue weighted by Crippen LogP contribution is -2.01. The monoisotopic (exact) mass is 273 g/mol. The first kappa shape index (κ1) is 14.7. The van der Waals surface area contributed by atoms with Crippen molar-refractivity contribution in [2.24, 2.45) is 0 Å². The van der Waals surface area contributed by atoms with E-state index in [-0.39, 0.29) is 0 Å². The second-order valence-corrected chi connectivity index (χ2v) is 5.23. The van der Waals surface area contributed by atoms with Gasteiger partial charge in [0.15, 0.2) is 0 Å². The van der Waals surface area contributed by atoms with Gasteiger partial charge in [-0.15, -0.1) is 0 Å². The Balaban J connectivity index is 2.13. The van der Waals surface area contributed by atoms with E-state index in [2.05, 4.69) is 12.2 Å². The van der Waals surface area contributed by atoms with Crippen molar-refractivity contribution in [3.05, 3.63) is 28.2 Å². The molecule has 1 rings (SSSR count). The standard InChI is InChI=1S/C14H21Cl2N/c1-2-3-4-5-6-7-8-17-14-10-12(15)9-13(16)11-14/h9-11,17H,2-8H2,1H3. The van der Waals surface area contributed by atoms with Gasteiger partial charge in [0.25, 0.3) is 0 Å². The van der Waals surface area contributed by atoms with Gasteiger partial charge in [-0.2, -0.15) is 0 Å². The molecule has 0 fully saturated rings. The van der Waals surface area contributed by atoms with Crippen LogP contribution in [-0.4, -0.2) is 6.54 Å². The molecule has 0 heterocycles. The van der Waals surface area contributed by atoms with Crippen LogP contribution in [0.15, 0.2) is 18.2 Å². The van der Waals surface area contributed by atoms with Crippen molar-refractivity contribution >= 4 is 28.9 Å². The summed E-state index contributed by atoms with van der Waals surface area (Å²) >= 11 is 11.8. The number of nitrogens with one attached hydrogen (secondary N) is 1. The van der Waals surface area contributed by atoms with Gasteiger partial charge in [0.1, 0.15) is 0 Å². The summed E-state index contributed by atoms with van der Waals surface area (Å²) in [6.45, 7) is 3.23. The maximum Gasteiger partial charge on any atom is 0.0441 e. The fourth-order valence-corrected chi connectivity index (χ4v) is 2.32. The highest BCUT2D eigenvalue weighted by atomic mass is 35.5. The van der Waals surface area contributed by atoms with Crippen molar-refractivity contribution in [3.63, 3.8) is 0 Å². The molecular formula is C14H21Cl2N.